The summed E-state index contributed by atoms with van der Waals surface area (Å²) >= 11 is 5.70. The second-order valence-electron chi connectivity index (χ2n) is 4.24. The van der Waals surface area contributed by atoms with Crippen LogP contribution in [0.3, 0.4) is 0 Å². The molecule has 0 fully saturated rings. The first-order chi connectivity index (χ1) is 9.90. The van der Waals surface area contributed by atoms with Gasteiger partial charge >= 0.3 is 0 Å². The van der Waals surface area contributed by atoms with Crippen molar-refractivity contribution in [2.24, 2.45) is 0 Å². The Balaban J connectivity index is 2.45. The lowest BCUT2D eigenvalue weighted by atomic mass is 9.97. The van der Waals surface area contributed by atoms with Crippen molar-refractivity contribution in [3.63, 3.8) is 0 Å². The topological polar surface area (TPSA) is 60.2 Å². The minimum absolute atomic E-state index is 0.0278. The van der Waals surface area contributed by atoms with E-state index in [1.807, 2.05) is 0 Å². The van der Waals surface area contributed by atoms with Gasteiger partial charge in [0.25, 0.3) is 5.69 Å². The molecule has 0 amide bonds. The molecular weight excluding hydrogens is 297 g/mol. The number of benzene rings is 2. The van der Waals surface area contributed by atoms with Crippen LogP contribution in [0.25, 0.3) is 5.57 Å². The van der Waals surface area contributed by atoms with Crippen LogP contribution in [0.15, 0.2) is 49.0 Å². The zero-order chi connectivity index (χ0) is 15.6. The first kappa shape index (κ1) is 14.9. The van der Waals surface area contributed by atoms with Crippen LogP contribution in [0.1, 0.15) is 15.9 Å². The number of allylic oxidation sites excluding steroid dienone is 1. The third-order valence-corrected chi connectivity index (χ3v) is 3.08. The summed E-state index contributed by atoms with van der Waals surface area (Å²) < 4.78 is 13.2. The Morgan fingerprint density at radius 2 is 1.95 bits per heavy atom. The lowest BCUT2D eigenvalue weighted by molar-refractivity contribution is -0.385. The maximum Gasteiger partial charge on any atom is 0.282 e. The van der Waals surface area contributed by atoms with Crippen LogP contribution >= 0.6 is 11.6 Å². The molecule has 0 aliphatic heterocycles. The molecular formula is C15H9ClFNO3. The quantitative estimate of drug-likeness (QED) is 0.366. The van der Waals surface area contributed by atoms with E-state index in [0.717, 1.165) is 12.1 Å². The standard InChI is InChI=1S/C15H9ClFNO3/c1-9(10-3-2-4-12(17)7-10)15(19)13-6-5-11(16)8-14(13)18(20)21/h2-8H,1H2. The average molecular weight is 306 g/mol. The van der Waals surface area contributed by atoms with Crippen molar-refractivity contribution in [2.45, 2.75) is 0 Å². The molecule has 0 N–H and O–H groups in total. The second-order valence-corrected chi connectivity index (χ2v) is 4.67. The molecule has 0 atom stereocenters. The summed E-state index contributed by atoms with van der Waals surface area (Å²) in [5, 5.41) is 11.1. The number of ketones is 1. The lowest BCUT2D eigenvalue weighted by Crippen LogP contribution is -2.06. The van der Waals surface area contributed by atoms with Crippen molar-refractivity contribution in [2.75, 3.05) is 0 Å². The van der Waals surface area contributed by atoms with Gasteiger partial charge in [0.05, 0.1) is 4.92 Å². The number of nitro groups is 1. The fraction of sp³-hybridized carbons (Fsp3) is 0. The molecule has 0 aliphatic carbocycles. The molecule has 0 radical (unpaired) electrons. The van der Waals surface area contributed by atoms with Gasteiger partial charge in [-0.25, -0.2) is 4.39 Å². The fourth-order valence-electron chi connectivity index (χ4n) is 1.82. The van der Waals surface area contributed by atoms with Crippen LogP contribution in [-0.4, -0.2) is 10.7 Å². The number of nitro benzene ring substituents is 1. The van der Waals surface area contributed by atoms with Crippen LogP contribution in [0.2, 0.25) is 5.02 Å². The number of hydrogen-bond donors (Lipinski definition) is 0. The van der Waals surface area contributed by atoms with E-state index in [9.17, 15) is 19.3 Å². The van der Waals surface area contributed by atoms with E-state index >= 15 is 0 Å². The number of Topliss-reactive ketones (excluding diaryl/α,β-unsaturated/α-hetero) is 1. The number of nitrogens with zero attached hydrogens (tertiary/aromatic N) is 1. The highest BCUT2D eigenvalue weighted by Crippen LogP contribution is 2.28. The third-order valence-electron chi connectivity index (χ3n) is 2.85. The molecule has 4 nitrogen and oxygen atoms in total. The van der Waals surface area contributed by atoms with Gasteiger partial charge < -0.3 is 0 Å². The number of carbonyl (C=O) groups excluding carboxylic acids is 1. The zero-order valence-corrected chi connectivity index (χ0v) is 11.4. The molecule has 0 unspecified atom stereocenters. The summed E-state index contributed by atoms with van der Waals surface area (Å²) in [5.74, 6) is -1.17. The van der Waals surface area contributed by atoms with Gasteiger partial charge in [-0.2, -0.15) is 0 Å². The minimum Gasteiger partial charge on any atom is -0.288 e. The Bertz CT molecular complexity index is 758. The lowest BCUT2D eigenvalue weighted by Gasteiger charge is -2.06. The summed E-state index contributed by atoms with van der Waals surface area (Å²) in [6.07, 6.45) is 0. The summed E-state index contributed by atoms with van der Waals surface area (Å²) in [4.78, 5) is 22.6. The number of rotatable bonds is 4. The van der Waals surface area contributed by atoms with Gasteiger partial charge in [-0.1, -0.05) is 30.3 Å². The molecule has 0 aromatic heterocycles. The second kappa shape index (κ2) is 5.85. The van der Waals surface area contributed by atoms with Crippen molar-refractivity contribution in [3.05, 3.63) is 81.1 Å². The van der Waals surface area contributed by atoms with Gasteiger partial charge in [0.15, 0.2) is 5.78 Å². The van der Waals surface area contributed by atoms with Gasteiger partial charge in [-0.3, -0.25) is 14.9 Å². The third kappa shape index (κ3) is 3.14. The SMILES string of the molecule is C=C(C(=O)c1ccc(Cl)cc1[N+](=O)[O-])c1cccc(F)c1. The average Bonchev–Trinajstić information content (AvgIpc) is 2.45. The Morgan fingerprint density at radius 1 is 1.24 bits per heavy atom. The molecule has 6 heteroatoms. The zero-order valence-electron chi connectivity index (χ0n) is 10.7. The van der Waals surface area contributed by atoms with Gasteiger partial charge in [0, 0.05) is 16.7 Å². The highest BCUT2D eigenvalue weighted by molar-refractivity contribution is 6.32. The van der Waals surface area contributed by atoms with Crippen LogP contribution in [0.5, 0.6) is 0 Å². The van der Waals surface area contributed by atoms with Gasteiger partial charge in [-0.15, -0.1) is 0 Å². The predicted octanol–water partition coefficient (Wildman–Crippen LogP) is 4.28. The first-order valence-corrected chi connectivity index (χ1v) is 6.21. The highest BCUT2D eigenvalue weighted by Gasteiger charge is 2.23. The first-order valence-electron chi connectivity index (χ1n) is 5.83. The number of hydrogen-bond acceptors (Lipinski definition) is 3. The molecule has 0 aliphatic rings. The van der Waals surface area contributed by atoms with E-state index in [1.54, 1.807) is 0 Å². The van der Waals surface area contributed by atoms with Gasteiger partial charge in [0.2, 0.25) is 0 Å². The number of halogens is 2. The number of carbonyl (C=O) groups is 1. The van der Waals surface area contributed by atoms with E-state index in [-0.39, 0.29) is 21.7 Å². The Kier molecular flexibility index (Phi) is 4.14. The van der Waals surface area contributed by atoms with E-state index in [2.05, 4.69) is 6.58 Å². The van der Waals surface area contributed by atoms with Crippen LogP contribution in [0.4, 0.5) is 10.1 Å². The smallest absolute Gasteiger partial charge is 0.282 e. The molecule has 2 rings (SSSR count). The molecule has 2 aromatic rings. The molecule has 0 spiro atoms. The van der Waals surface area contributed by atoms with Crippen molar-refractivity contribution in [1.82, 2.24) is 0 Å². The Hall–Kier alpha value is -2.53. The van der Waals surface area contributed by atoms with Gasteiger partial charge in [-0.05, 0) is 29.8 Å². The summed E-state index contributed by atoms with van der Waals surface area (Å²) in [7, 11) is 0. The van der Waals surface area contributed by atoms with Crippen molar-refractivity contribution in [1.29, 1.82) is 0 Å². The summed E-state index contributed by atoms with van der Waals surface area (Å²) in [6, 6.07) is 9.03. The fourth-order valence-corrected chi connectivity index (χ4v) is 1.98. The van der Waals surface area contributed by atoms with E-state index in [0.29, 0.717) is 0 Å². The maximum absolute atomic E-state index is 13.2. The van der Waals surface area contributed by atoms with Gasteiger partial charge in [0.1, 0.15) is 11.4 Å². The van der Waals surface area contributed by atoms with Crippen LogP contribution in [0, 0.1) is 15.9 Å². The molecule has 106 valence electrons. The summed E-state index contributed by atoms with van der Waals surface area (Å²) in [5.41, 5.74) is -0.312. The van der Waals surface area contributed by atoms with Crippen molar-refractivity contribution >= 4 is 28.6 Å². The molecule has 0 heterocycles. The normalized spacial score (nSPS) is 10.2. The van der Waals surface area contributed by atoms with Crippen molar-refractivity contribution < 1.29 is 14.1 Å². The molecule has 0 bridgehead atoms. The van der Waals surface area contributed by atoms with E-state index in [4.69, 9.17) is 11.6 Å². The molecule has 0 saturated heterocycles. The molecule has 2 aromatic carbocycles. The van der Waals surface area contributed by atoms with Crippen LogP contribution in [-0.2, 0) is 0 Å². The molecule has 21 heavy (non-hydrogen) atoms. The van der Waals surface area contributed by atoms with E-state index in [1.165, 1.54) is 30.3 Å². The minimum atomic E-state index is -0.696. The highest BCUT2D eigenvalue weighted by atomic mass is 35.5. The Morgan fingerprint density at radius 3 is 2.57 bits per heavy atom. The Labute approximate surface area is 124 Å². The predicted molar refractivity (Wildman–Crippen MR) is 77.9 cm³/mol. The largest absolute Gasteiger partial charge is 0.288 e. The van der Waals surface area contributed by atoms with Crippen LogP contribution < -0.4 is 0 Å². The van der Waals surface area contributed by atoms with Crippen molar-refractivity contribution in [3.8, 4) is 0 Å². The monoisotopic (exact) mass is 305 g/mol. The molecule has 0 saturated carbocycles. The summed E-state index contributed by atoms with van der Waals surface area (Å²) in [6.45, 7) is 3.59. The maximum atomic E-state index is 13.2. The van der Waals surface area contributed by atoms with E-state index < -0.39 is 22.2 Å².